The van der Waals surface area contributed by atoms with Crippen molar-refractivity contribution in [1.82, 2.24) is 0 Å². The van der Waals surface area contributed by atoms with E-state index >= 15 is 0 Å². The summed E-state index contributed by atoms with van der Waals surface area (Å²) in [7, 11) is 1.57. The van der Waals surface area contributed by atoms with E-state index in [-0.39, 0.29) is 0 Å². The summed E-state index contributed by atoms with van der Waals surface area (Å²) in [6, 6.07) is 10.9. The number of carbonyl (C=O) groups is 2. The summed E-state index contributed by atoms with van der Waals surface area (Å²) in [5.41, 5.74) is 0.633. The predicted molar refractivity (Wildman–Crippen MR) is 99.3 cm³/mol. The summed E-state index contributed by atoms with van der Waals surface area (Å²) in [6.07, 6.45) is -9.05. The van der Waals surface area contributed by atoms with E-state index in [2.05, 4.69) is 0 Å². The third-order valence-electron chi connectivity index (χ3n) is 4.97. The first-order chi connectivity index (χ1) is 13.7. The summed E-state index contributed by atoms with van der Waals surface area (Å²) >= 11 is 0. The van der Waals surface area contributed by atoms with E-state index in [0.29, 0.717) is 11.3 Å². The number of ether oxygens (including phenoxy) is 3. The number of aliphatic hydroxyl groups excluding tert-OH is 3. The fourth-order valence-corrected chi connectivity index (χ4v) is 3.14. The van der Waals surface area contributed by atoms with E-state index < -0.39 is 48.6 Å². The Balaban J connectivity index is 1.76. The van der Waals surface area contributed by atoms with Gasteiger partial charge >= 0.3 is 11.9 Å². The van der Waals surface area contributed by atoms with Crippen LogP contribution in [0.25, 0.3) is 10.8 Å². The molecular formula is C20H22O9. The maximum Gasteiger partial charge on any atom is 0.335 e. The average Bonchev–Trinajstić information content (AvgIpc) is 2.72. The zero-order valence-electron chi connectivity index (χ0n) is 15.8. The lowest BCUT2D eigenvalue weighted by atomic mass is 9.97. The Bertz CT molecular complexity index is 912. The largest absolute Gasteiger partial charge is 0.497 e. The maximum absolute atomic E-state index is 12.5. The molecular weight excluding hydrogens is 384 g/mol. The number of carbonyl (C=O) groups excluding carboxylic acids is 1. The molecule has 0 radical (unpaired) electrons. The zero-order chi connectivity index (χ0) is 21.3. The molecule has 0 amide bonds. The average molecular weight is 406 g/mol. The van der Waals surface area contributed by atoms with Gasteiger partial charge in [-0.3, -0.25) is 4.79 Å². The first-order valence-corrected chi connectivity index (χ1v) is 8.93. The van der Waals surface area contributed by atoms with Crippen LogP contribution in [0, 0.1) is 0 Å². The number of benzene rings is 2. The Morgan fingerprint density at radius 1 is 1.00 bits per heavy atom. The van der Waals surface area contributed by atoms with Gasteiger partial charge in [-0.15, -0.1) is 0 Å². The van der Waals surface area contributed by atoms with Crippen LogP contribution >= 0.6 is 0 Å². The molecule has 0 spiro atoms. The van der Waals surface area contributed by atoms with Crippen LogP contribution in [0.4, 0.5) is 0 Å². The molecule has 156 valence electrons. The molecule has 3 rings (SSSR count). The van der Waals surface area contributed by atoms with E-state index in [9.17, 15) is 24.9 Å². The number of carboxylic acid groups (broad SMARTS) is 1. The van der Waals surface area contributed by atoms with Crippen LogP contribution in [0.1, 0.15) is 18.4 Å². The van der Waals surface area contributed by atoms with E-state index in [1.807, 2.05) is 18.2 Å². The van der Waals surface area contributed by atoms with Gasteiger partial charge in [0.1, 0.15) is 24.1 Å². The highest BCUT2D eigenvalue weighted by Crippen LogP contribution is 2.28. The first-order valence-electron chi connectivity index (χ1n) is 8.93. The van der Waals surface area contributed by atoms with Crippen molar-refractivity contribution in [2.75, 3.05) is 7.11 Å². The van der Waals surface area contributed by atoms with Crippen molar-refractivity contribution < 1.29 is 44.2 Å². The van der Waals surface area contributed by atoms with Gasteiger partial charge in [0.05, 0.1) is 13.0 Å². The maximum atomic E-state index is 12.5. The van der Waals surface area contributed by atoms with Gasteiger partial charge < -0.3 is 34.6 Å². The van der Waals surface area contributed by atoms with E-state index in [1.54, 1.807) is 32.2 Å². The van der Waals surface area contributed by atoms with Crippen LogP contribution in [0.3, 0.4) is 0 Å². The van der Waals surface area contributed by atoms with Gasteiger partial charge in [-0.05, 0) is 35.4 Å². The molecule has 1 aliphatic heterocycles. The van der Waals surface area contributed by atoms with Crippen molar-refractivity contribution in [3.63, 3.8) is 0 Å². The van der Waals surface area contributed by atoms with Gasteiger partial charge in [0.25, 0.3) is 0 Å². The highest BCUT2D eigenvalue weighted by atomic mass is 16.7. The second kappa shape index (κ2) is 8.34. The number of hydrogen-bond donors (Lipinski definition) is 4. The lowest BCUT2D eigenvalue weighted by Gasteiger charge is -2.38. The Kier molecular flexibility index (Phi) is 6.04. The van der Waals surface area contributed by atoms with Crippen molar-refractivity contribution in [3.8, 4) is 5.75 Å². The van der Waals surface area contributed by atoms with E-state index in [4.69, 9.17) is 19.3 Å². The lowest BCUT2D eigenvalue weighted by molar-refractivity contribution is -0.286. The molecule has 1 aliphatic rings. The van der Waals surface area contributed by atoms with Crippen LogP contribution in [0.15, 0.2) is 36.4 Å². The van der Waals surface area contributed by atoms with E-state index in [1.165, 1.54) is 0 Å². The monoisotopic (exact) mass is 406 g/mol. The molecule has 1 heterocycles. The number of aliphatic hydroxyl groups is 3. The molecule has 1 saturated heterocycles. The Morgan fingerprint density at radius 3 is 2.31 bits per heavy atom. The van der Waals surface area contributed by atoms with E-state index in [0.717, 1.165) is 10.8 Å². The summed E-state index contributed by atoms with van der Waals surface area (Å²) in [6.45, 7) is 1.59. The minimum atomic E-state index is -1.85. The third-order valence-corrected chi connectivity index (χ3v) is 4.97. The van der Waals surface area contributed by atoms with Crippen LogP contribution in [0.2, 0.25) is 0 Å². The Labute approximate surface area is 166 Å². The van der Waals surface area contributed by atoms with Crippen molar-refractivity contribution in [2.24, 2.45) is 0 Å². The molecule has 1 fully saturated rings. The number of hydrogen-bond acceptors (Lipinski definition) is 8. The van der Waals surface area contributed by atoms with Crippen molar-refractivity contribution in [1.29, 1.82) is 0 Å². The highest BCUT2D eigenvalue weighted by molar-refractivity contribution is 5.86. The summed E-state index contributed by atoms with van der Waals surface area (Å²) in [5, 5.41) is 40.3. The molecule has 3 unspecified atom stereocenters. The number of rotatable bonds is 5. The molecule has 2 aromatic rings. The SMILES string of the molecule is COc1ccc2cc([C@H](C)C(=O)O[C@@H]3OC(C(=O)O)[C@@H](O)C(O)C3O)ccc2c1. The highest BCUT2D eigenvalue weighted by Gasteiger charge is 2.48. The molecule has 6 atom stereocenters. The number of esters is 1. The predicted octanol–water partition coefficient (Wildman–Crippen LogP) is 0.387. The third kappa shape index (κ3) is 4.18. The quantitative estimate of drug-likeness (QED) is 0.518. The molecule has 29 heavy (non-hydrogen) atoms. The van der Waals surface area contributed by atoms with Crippen molar-refractivity contribution >= 4 is 22.7 Å². The van der Waals surface area contributed by atoms with Gasteiger partial charge in [-0.2, -0.15) is 0 Å². The lowest BCUT2D eigenvalue weighted by Crippen LogP contribution is -2.60. The smallest absolute Gasteiger partial charge is 0.335 e. The topological polar surface area (TPSA) is 143 Å². The molecule has 0 saturated carbocycles. The molecule has 2 aromatic carbocycles. The standard InChI is InChI=1S/C20H22O9/c1-9(10-3-4-12-8-13(27-2)6-5-11(12)7-10)19(26)29-20-16(23)14(21)15(22)17(28-20)18(24)25/h3-9,14-17,20-23H,1-2H3,(H,24,25)/t9-,14?,15-,16?,17?,20-/m0/s1. The van der Waals surface area contributed by atoms with Gasteiger partial charge in [0.2, 0.25) is 6.29 Å². The van der Waals surface area contributed by atoms with Crippen molar-refractivity contribution in [3.05, 3.63) is 42.0 Å². The number of aliphatic carboxylic acids is 1. The molecule has 0 bridgehead atoms. The Hall–Kier alpha value is -2.72. The van der Waals surface area contributed by atoms with Gasteiger partial charge in [0, 0.05) is 0 Å². The molecule has 4 N–H and O–H groups in total. The molecule has 0 aromatic heterocycles. The fraction of sp³-hybridized carbons (Fsp3) is 0.400. The number of carboxylic acids is 1. The van der Waals surface area contributed by atoms with Crippen LogP contribution < -0.4 is 4.74 Å². The summed E-state index contributed by atoms with van der Waals surface area (Å²) in [5.74, 6) is -2.39. The first kappa shape index (κ1) is 21.0. The van der Waals surface area contributed by atoms with Gasteiger partial charge in [-0.25, -0.2) is 4.79 Å². The summed E-state index contributed by atoms with van der Waals surface area (Å²) < 4.78 is 15.3. The minimum absolute atomic E-state index is 0.633. The molecule has 9 nitrogen and oxygen atoms in total. The Morgan fingerprint density at radius 2 is 1.66 bits per heavy atom. The minimum Gasteiger partial charge on any atom is -0.497 e. The molecule has 9 heteroatoms. The zero-order valence-corrected chi connectivity index (χ0v) is 15.8. The second-order valence-corrected chi connectivity index (χ2v) is 6.87. The fourth-order valence-electron chi connectivity index (χ4n) is 3.14. The normalized spacial score (nSPS) is 28.0. The van der Waals surface area contributed by atoms with Crippen LogP contribution in [-0.2, 0) is 19.1 Å². The van der Waals surface area contributed by atoms with Gasteiger partial charge in [0.15, 0.2) is 6.10 Å². The number of fused-ring (bicyclic) bond motifs is 1. The summed E-state index contributed by atoms with van der Waals surface area (Å²) in [4.78, 5) is 23.7. The molecule has 0 aliphatic carbocycles. The second-order valence-electron chi connectivity index (χ2n) is 6.87. The van der Waals surface area contributed by atoms with Crippen LogP contribution in [-0.4, -0.2) is 70.2 Å². The van der Waals surface area contributed by atoms with Crippen molar-refractivity contribution in [2.45, 2.75) is 43.5 Å². The number of methoxy groups -OCH3 is 1. The van der Waals surface area contributed by atoms with Crippen LogP contribution in [0.5, 0.6) is 5.75 Å². The van der Waals surface area contributed by atoms with Gasteiger partial charge in [-0.1, -0.05) is 24.3 Å².